The standard InChI is InChI=1S/C13H17NO2S.ClH/c15-17(16,13-7-2-1-3-8-13)12-6-11-14-9-4-5-10-14;/h1-3,6-8,12H,4-5,9-11H2;1H. The quantitative estimate of drug-likeness (QED) is 0.854. The number of nitrogens with zero attached hydrogens (tertiary/aromatic N) is 1. The fourth-order valence-electron chi connectivity index (χ4n) is 1.97. The Morgan fingerprint density at radius 1 is 1.11 bits per heavy atom. The molecule has 1 aromatic rings. The third-order valence-corrected chi connectivity index (χ3v) is 4.39. The molecule has 3 nitrogen and oxygen atoms in total. The zero-order valence-corrected chi connectivity index (χ0v) is 11.8. The van der Waals surface area contributed by atoms with E-state index < -0.39 is 9.84 Å². The zero-order valence-electron chi connectivity index (χ0n) is 10.2. The minimum Gasteiger partial charge on any atom is -0.300 e. The van der Waals surface area contributed by atoms with E-state index in [4.69, 9.17) is 0 Å². The van der Waals surface area contributed by atoms with Crippen molar-refractivity contribution in [1.29, 1.82) is 0 Å². The Labute approximate surface area is 115 Å². The molecule has 0 aromatic heterocycles. The summed E-state index contributed by atoms with van der Waals surface area (Å²) in [6.45, 7) is 2.89. The van der Waals surface area contributed by atoms with Gasteiger partial charge in [0.15, 0.2) is 9.84 Å². The van der Waals surface area contributed by atoms with E-state index in [0.717, 1.165) is 19.6 Å². The summed E-state index contributed by atoms with van der Waals surface area (Å²) in [7, 11) is -3.26. The first-order chi connectivity index (χ1) is 8.18. The molecule has 1 aromatic carbocycles. The summed E-state index contributed by atoms with van der Waals surface area (Å²) in [6, 6.07) is 8.53. The normalized spacial score (nSPS) is 16.9. The number of benzene rings is 1. The second-order valence-electron chi connectivity index (χ2n) is 4.24. The first kappa shape index (κ1) is 15.2. The van der Waals surface area contributed by atoms with Gasteiger partial charge in [0.1, 0.15) is 0 Å². The molecule has 0 bridgehead atoms. The molecular weight excluding hydrogens is 270 g/mol. The number of rotatable bonds is 4. The summed E-state index contributed by atoms with van der Waals surface area (Å²) in [6.07, 6.45) is 4.19. The van der Waals surface area contributed by atoms with Gasteiger partial charge in [0.25, 0.3) is 0 Å². The van der Waals surface area contributed by atoms with Gasteiger partial charge in [0.05, 0.1) is 4.90 Å². The molecule has 100 valence electrons. The number of sulfone groups is 1. The maximum Gasteiger partial charge on any atom is 0.199 e. The van der Waals surface area contributed by atoms with Crippen molar-refractivity contribution in [2.45, 2.75) is 17.7 Å². The second-order valence-corrected chi connectivity index (χ2v) is 6.07. The van der Waals surface area contributed by atoms with Gasteiger partial charge in [0.2, 0.25) is 0 Å². The van der Waals surface area contributed by atoms with Crippen LogP contribution in [0.1, 0.15) is 12.8 Å². The van der Waals surface area contributed by atoms with Crippen molar-refractivity contribution in [2.75, 3.05) is 19.6 Å². The molecule has 0 spiro atoms. The summed E-state index contributed by atoms with van der Waals surface area (Å²) < 4.78 is 23.8. The molecule has 18 heavy (non-hydrogen) atoms. The summed E-state index contributed by atoms with van der Waals surface area (Å²) in [5.74, 6) is 0. The van der Waals surface area contributed by atoms with E-state index in [9.17, 15) is 8.42 Å². The number of hydrogen-bond donors (Lipinski definition) is 0. The molecular formula is C13H18ClNO2S. The largest absolute Gasteiger partial charge is 0.300 e. The van der Waals surface area contributed by atoms with Gasteiger partial charge in [-0.05, 0) is 38.1 Å². The van der Waals surface area contributed by atoms with Crippen LogP contribution in [0.4, 0.5) is 0 Å². The van der Waals surface area contributed by atoms with Crippen LogP contribution in [0.5, 0.6) is 0 Å². The van der Waals surface area contributed by atoms with E-state index in [1.165, 1.54) is 18.2 Å². The van der Waals surface area contributed by atoms with Crippen molar-refractivity contribution in [1.82, 2.24) is 4.90 Å². The van der Waals surface area contributed by atoms with Crippen LogP contribution in [-0.2, 0) is 9.84 Å². The van der Waals surface area contributed by atoms with E-state index in [-0.39, 0.29) is 12.4 Å². The molecule has 0 N–H and O–H groups in total. The Kier molecular flexibility index (Phi) is 5.85. The zero-order chi connectivity index (χ0) is 12.1. The highest BCUT2D eigenvalue weighted by molar-refractivity contribution is 7.94. The lowest BCUT2D eigenvalue weighted by Crippen LogP contribution is -2.18. The van der Waals surface area contributed by atoms with Crippen LogP contribution in [0.25, 0.3) is 0 Å². The van der Waals surface area contributed by atoms with Crippen molar-refractivity contribution in [3.63, 3.8) is 0 Å². The van der Waals surface area contributed by atoms with Gasteiger partial charge < -0.3 is 0 Å². The molecule has 0 saturated carbocycles. The molecule has 5 heteroatoms. The average molecular weight is 288 g/mol. The Bertz CT molecular complexity index is 479. The molecule has 0 aliphatic carbocycles. The van der Waals surface area contributed by atoms with Gasteiger partial charge in [0, 0.05) is 12.0 Å². The molecule has 0 unspecified atom stereocenters. The van der Waals surface area contributed by atoms with E-state index in [1.807, 2.05) is 6.07 Å². The Morgan fingerprint density at radius 3 is 2.33 bits per heavy atom. The van der Waals surface area contributed by atoms with Crippen molar-refractivity contribution in [3.05, 3.63) is 41.8 Å². The van der Waals surface area contributed by atoms with Crippen LogP contribution >= 0.6 is 12.4 Å². The minimum atomic E-state index is -3.26. The van der Waals surface area contributed by atoms with Gasteiger partial charge in [-0.3, -0.25) is 4.90 Å². The molecule has 1 heterocycles. The van der Waals surface area contributed by atoms with E-state index in [0.29, 0.717) is 4.90 Å². The molecule has 2 rings (SSSR count). The van der Waals surface area contributed by atoms with E-state index >= 15 is 0 Å². The van der Waals surface area contributed by atoms with Gasteiger partial charge in [-0.25, -0.2) is 8.42 Å². The van der Waals surface area contributed by atoms with Crippen LogP contribution in [0.15, 0.2) is 46.7 Å². The fraction of sp³-hybridized carbons (Fsp3) is 0.385. The highest BCUT2D eigenvalue weighted by Gasteiger charge is 2.11. The van der Waals surface area contributed by atoms with Crippen LogP contribution in [0, 0.1) is 0 Å². The number of hydrogen-bond acceptors (Lipinski definition) is 3. The lowest BCUT2D eigenvalue weighted by Gasteiger charge is -2.10. The van der Waals surface area contributed by atoms with Crippen molar-refractivity contribution in [2.24, 2.45) is 0 Å². The predicted molar refractivity (Wildman–Crippen MR) is 75.7 cm³/mol. The molecule has 1 aliphatic rings. The van der Waals surface area contributed by atoms with Crippen LogP contribution in [0.2, 0.25) is 0 Å². The predicted octanol–water partition coefficient (Wildman–Crippen LogP) is 2.49. The SMILES string of the molecule is Cl.O=S(=O)(C=CCN1CCCC1)c1ccccc1. The Morgan fingerprint density at radius 2 is 1.72 bits per heavy atom. The number of halogens is 1. The first-order valence-corrected chi connectivity index (χ1v) is 7.42. The summed E-state index contributed by atoms with van der Waals surface area (Å²) in [5, 5.41) is 1.32. The molecule has 1 saturated heterocycles. The Hall–Kier alpha value is -0.840. The number of likely N-dealkylation sites (tertiary alicyclic amines) is 1. The first-order valence-electron chi connectivity index (χ1n) is 5.87. The van der Waals surface area contributed by atoms with E-state index in [1.54, 1.807) is 30.3 Å². The summed E-state index contributed by atoms with van der Waals surface area (Å²) in [4.78, 5) is 2.62. The second kappa shape index (κ2) is 6.92. The third-order valence-electron chi connectivity index (χ3n) is 2.91. The van der Waals surface area contributed by atoms with Gasteiger partial charge in [-0.1, -0.05) is 24.3 Å². The van der Waals surface area contributed by atoms with Crippen molar-refractivity contribution >= 4 is 22.2 Å². The maximum atomic E-state index is 11.9. The molecule has 1 fully saturated rings. The molecule has 0 radical (unpaired) electrons. The topological polar surface area (TPSA) is 37.4 Å². The van der Waals surface area contributed by atoms with Gasteiger partial charge in [-0.15, -0.1) is 12.4 Å². The third kappa shape index (κ3) is 4.12. The summed E-state index contributed by atoms with van der Waals surface area (Å²) in [5.41, 5.74) is 0. The van der Waals surface area contributed by atoms with Crippen molar-refractivity contribution < 1.29 is 8.42 Å². The lowest BCUT2D eigenvalue weighted by atomic mass is 10.4. The lowest BCUT2D eigenvalue weighted by molar-refractivity contribution is 0.377. The Balaban J connectivity index is 0.00000162. The highest BCUT2D eigenvalue weighted by atomic mass is 35.5. The molecule has 0 amide bonds. The molecule has 1 aliphatic heterocycles. The molecule has 0 atom stereocenters. The van der Waals surface area contributed by atoms with E-state index in [2.05, 4.69) is 4.90 Å². The van der Waals surface area contributed by atoms with Crippen LogP contribution in [0.3, 0.4) is 0 Å². The fourth-order valence-corrected chi connectivity index (χ4v) is 3.01. The smallest absolute Gasteiger partial charge is 0.199 e. The van der Waals surface area contributed by atoms with Crippen LogP contribution < -0.4 is 0 Å². The monoisotopic (exact) mass is 287 g/mol. The van der Waals surface area contributed by atoms with Crippen LogP contribution in [-0.4, -0.2) is 33.0 Å². The minimum absolute atomic E-state index is 0. The highest BCUT2D eigenvalue weighted by Crippen LogP contribution is 2.12. The maximum absolute atomic E-state index is 11.9. The van der Waals surface area contributed by atoms with Gasteiger partial charge in [-0.2, -0.15) is 0 Å². The average Bonchev–Trinajstić information content (AvgIpc) is 2.83. The van der Waals surface area contributed by atoms with Crippen molar-refractivity contribution in [3.8, 4) is 0 Å². The van der Waals surface area contributed by atoms with Gasteiger partial charge >= 0.3 is 0 Å². The summed E-state index contributed by atoms with van der Waals surface area (Å²) >= 11 is 0.